The third kappa shape index (κ3) is 7.50. The van der Waals surface area contributed by atoms with Crippen molar-refractivity contribution in [2.75, 3.05) is 41.1 Å². The van der Waals surface area contributed by atoms with Gasteiger partial charge in [-0.15, -0.1) is 26.3 Å². The Labute approximate surface area is 205 Å². The normalized spacial score (nSPS) is 11.3. The number of carbonyl (C=O) groups excluding carboxylic acids is 1. The lowest BCUT2D eigenvalue weighted by Crippen LogP contribution is -2.52. The molecule has 188 valence electrons. The third-order valence-corrected chi connectivity index (χ3v) is 6.24. The molecular formula is C25H39N5O3S. The van der Waals surface area contributed by atoms with E-state index < -0.39 is 16.2 Å². The number of benzene rings is 1. The fraction of sp³-hybridized carbons (Fsp3) is 0.400. The number of nitrogens with one attached hydrogen (secondary N) is 2. The highest BCUT2D eigenvalue weighted by Crippen LogP contribution is 2.38. The summed E-state index contributed by atoms with van der Waals surface area (Å²) < 4.78 is 30.1. The Morgan fingerprint density at radius 3 is 1.62 bits per heavy atom. The lowest BCUT2D eigenvalue weighted by molar-refractivity contribution is 0.218. The smallest absolute Gasteiger partial charge is 0.340 e. The van der Waals surface area contributed by atoms with E-state index in [-0.39, 0.29) is 44.0 Å². The fourth-order valence-corrected chi connectivity index (χ4v) is 4.82. The maximum Gasteiger partial charge on any atom is 0.340 e. The summed E-state index contributed by atoms with van der Waals surface area (Å²) >= 11 is 0. The summed E-state index contributed by atoms with van der Waals surface area (Å²) in [5, 5.41) is 6.57. The summed E-state index contributed by atoms with van der Waals surface area (Å²) in [6.45, 7) is 22.8. The van der Waals surface area contributed by atoms with Crippen LogP contribution in [-0.4, -0.2) is 61.9 Å². The first-order valence-electron chi connectivity index (χ1n) is 11.2. The first-order valence-corrected chi connectivity index (χ1v) is 12.6. The quantitative estimate of drug-likeness (QED) is 0.344. The average Bonchev–Trinajstić information content (AvgIpc) is 2.74. The van der Waals surface area contributed by atoms with E-state index in [4.69, 9.17) is 0 Å². The average molecular weight is 490 g/mol. The predicted octanol–water partition coefficient (Wildman–Crippen LogP) is 4.85. The second kappa shape index (κ2) is 13.6. The van der Waals surface area contributed by atoms with Crippen LogP contribution >= 0.6 is 0 Å². The molecule has 0 heterocycles. The van der Waals surface area contributed by atoms with Crippen LogP contribution in [0.5, 0.6) is 0 Å². The fourth-order valence-electron chi connectivity index (χ4n) is 3.26. The molecule has 1 aromatic rings. The van der Waals surface area contributed by atoms with Gasteiger partial charge < -0.3 is 15.5 Å². The highest BCUT2D eigenvalue weighted by molar-refractivity contribution is 7.91. The van der Waals surface area contributed by atoms with Gasteiger partial charge in [-0.2, -0.15) is 17.0 Å². The molecule has 0 aromatic heterocycles. The molecule has 0 aliphatic rings. The zero-order valence-electron chi connectivity index (χ0n) is 20.8. The molecule has 0 atom stereocenters. The van der Waals surface area contributed by atoms with Gasteiger partial charge in [0.25, 0.3) is 0 Å². The number of anilines is 3. The van der Waals surface area contributed by atoms with Crippen molar-refractivity contribution in [3.05, 3.63) is 68.8 Å². The molecule has 0 unspecified atom stereocenters. The van der Waals surface area contributed by atoms with Crippen LogP contribution in [0.25, 0.3) is 0 Å². The number of carbonyl (C=O) groups is 1. The van der Waals surface area contributed by atoms with E-state index in [0.29, 0.717) is 11.4 Å². The number of para-hydroxylation sites is 1. The van der Waals surface area contributed by atoms with E-state index in [9.17, 15) is 13.2 Å². The maximum atomic E-state index is 14.0. The first kappa shape index (κ1) is 29.0. The van der Waals surface area contributed by atoms with Crippen LogP contribution in [0.3, 0.4) is 0 Å². The van der Waals surface area contributed by atoms with Gasteiger partial charge in [0, 0.05) is 38.3 Å². The zero-order chi connectivity index (χ0) is 25.9. The SMILES string of the molecule is C=CCN(CC=C)C(=O)N(c1c(NC(C)C)cccc1NC(C)C)S(=O)(=O)N(CC=C)CC=C. The molecule has 2 amide bonds. The Morgan fingerprint density at radius 1 is 0.853 bits per heavy atom. The summed E-state index contributed by atoms with van der Waals surface area (Å²) in [6.07, 6.45) is 6.03. The molecule has 0 bridgehead atoms. The van der Waals surface area contributed by atoms with Crippen molar-refractivity contribution in [1.82, 2.24) is 9.21 Å². The second-order valence-electron chi connectivity index (χ2n) is 8.23. The molecular weight excluding hydrogens is 450 g/mol. The maximum absolute atomic E-state index is 14.0. The molecule has 8 nitrogen and oxygen atoms in total. The summed E-state index contributed by atoms with van der Waals surface area (Å²) in [5.74, 6) is 0. The van der Waals surface area contributed by atoms with Gasteiger partial charge in [-0.05, 0) is 39.8 Å². The van der Waals surface area contributed by atoms with E-state index in [1.165, 1.54) is 17.1 Å². The lowest BCUT2D eigenvalue weighted by Gasteiger charge is -2.35. The van der Waals surface area contributed by atoms with Crippen molar-refractivity contribution in [2.24, 2.45) is 0 Å². The number of hydrogen-bond acceptors (Lipinski definition) is 5. The Balaban J connectivity index is 3.99. The van der Waals surface area contributed by atoms with Crippen molar-refractivity contribution in [3.63, 3.8) is 0 Å². The monoisotopic (exact) mass is 489 g/mol. The minimum atomic E-state index is -4.35. The van der Waals surface area contributed by atoms with Gasteiger partial charge in [-0.25, -0.2) is 4.79 Å². The van der Waals surface area contributed by atoms with Crippen molar-refractivity contribution in [1.29, 1.82) is 0 Å². The second-order valence-corrected chi connectivity index (χ2v) is 10.0. The van der Waals surface area contributed by atoms with Crippen LogP contribution in [0, 0.1) is 0 Å². The number of nitrogens with zero attached hydrogens (tertiary/aromatic N) is 3. The van der Waals surface area contributed by atoms with Crippen molar-refractivity contribution in [2.45, 2.75) is 39.8 Å². The third-order valence-electron chi connectivity index (χ3n) is 4.49. The summed E-state index contributed by atoms with van der Waals surface area (Å²) in [5.41, 5.74) is 1.23. The van der Waals surface area contributed by atoms with Gasteiger partial charge in [-0.3, -0.25) is 0 Å². The van der Waals surface area contributed by atoms with Crippen molar-refractivity contribution >= 4 is 33.3 Å². The summed E-state index contributed by atoms with van der Waals surface area (Å²) in [4.78, 5) is 15.3. The van der Waals surface area contributed by atoms with Crippen LogP contribution in [-0.2, 0) is 10.2 Å². The summed E-state index contributed by atoms with van der Waals surface area (Å²) in [7, 11) is -4.35. The molecule has 9 heteroatoms. The minimum Gasteiger partial charge on any atom is -0.381 e. The van der Waals surface area contributed by atoms with E-state index in [0.717, 1.165) is 8.61 Å². The van der Waals surface area contributed by atoms with Crippen LogP contribution in [0.4, 0.5) is 21.9 Å². The molecule has 0 spiro atoms. The van der Waals surface area contributed by atoms with Gasteiger partial charge in [0.1, 0.15) is 5.69 Å². The van der Waals surface area contributed by atoms with E-state index >= 15 is 0 Å². The number of urea groups is 1. The molecule has 1 rings (SSSR count). The molecule has 0 saturated heterocycles. The molecule has 0 saturated carbocycles. The number of hydrogen-bond donors (Lipinski definition) is 2. The van der Waals surface area contributed by atoms with Gasteiger partial charge in [0.05, 0.1) is 11.4 Å². The Hall–Kier alpha value is -3.04. The molecule has 1 aromatic carbocycles. The molecule has 2 N–H and O–H groups in total. The highest BCUT2D eigenvalue weighted by Gasteiger charge is 2.39. The first-order chi connectivity index (χ1) is 16.0. The number of rotatable bonds is 15. The van der Waals surface area contributed by atoms with E-state index in [2.05, 4.69) is 36.9 Å². The molecule has 34 heavy (non-hydrogen) atoms. The topological polar surface area (TPSA) is 85.0 Å². The predicted molar refractivity (Wildman–Crippen MR) is 145 cm³/mol. The Bertz CT molecular complexity index is 925. The Morgan fingerprint density at radius 2 is 1.26 bits per heavy atom. The lowest BCUT2D eigenvalue weighted by atomic mass is 10.2. The van der Waals surface area contributed by atoms with Crippen LogP contribution in [0.15, 0.2) is 68.8 Å². The number of amides is 2. The van der Waals surface area contributed by atoms with Crippen molar-refractivity contribution < 1.29 is 13.2 Å². The molecule has 0 aliphatic heterocycles. The standard InChI is InChI=1S/C25H39N5O3S/c1-9-16-28(17-10-2)25(31)30(34(32,33)29(18-11-3)19-12-4)24-22(26-20(5)6)14-13-15-23(24)27-21(7)8/h9-15,20-21,26-27H,1-4,16-19H2,5-8H3. The molecule has 0 aliphatic carbocycles. The van der Waals surface area contributed by atoms with Gasteiger partial charge in [0.2, 0.25) is 0 Å². The largest absolute Gasteiger partial charge is 0.381 e. The van der Waals surface area contributed by atoms with Crippen molar-refractivity contribution in [3.8, 4) is 0 Å². The van der Waals surface area contributed by atoms with E-state index in [1.807, 2.05) is 33.8 Å². The van der Waals surface area contributed by atoms with Gasteiger partial charge in [0.15, 0.2) is 0 Å². The molecule has 0 radical (unpaired) electrons. The Kier molecular flexibility index (Phi) is 11.6. The van der Waals surface area contributed by atoms with E-state index in [1.54, 1.807) is 24.3 Å². The van der Waals surface area contributed by atoms with Crippen LogP contribution < -0.4 is 14.9 Å². The molecule has 0 fully saturated rings. The highest BCUT2D eigenvalue weighted by atomic mass is 32.2. The zero-order valence-corrected chi connectivity index (χ0v) is 21.6. The van der Waals surface area contributed by atoms with Crippen LogP contribution in [0.2, 0.25) is 0 Å². The van der Waals surface area contributed by atoms with Gasteiger partial charge in [-0.1, -0.05) is 30.4 Å². The minimum absolute atomic E-state index is 0.00771. The van der Waals surface area contributed by atoms with Crippen LogP contribution in [0.1, 0.15) is 27.7 Å². The van der Waals surface area contributed by atoms with Gasteiger partial charge >= 0.3 is 16.2 Å². The summed E-state index contributed by atoms with van der Waals surface area (Å²) in [6, 6.07) is 4.58.